The van der Waals surface area contributed by atoms with Gasteiger partial charge in [-0.1, -0.05) is 42.3 Å². The topological polar surface area (TPSA) is 95.1 Å². The number of benzene rings is 2. The molecule has 4 atom stereocenters. The van der Waals surface area contributed by atoms with E-state index in [0.29, 0.717) is 18.2 Å². The molecule has 0 radical (unpaired) electrons. The van der Waals surface area contributed by atoms with Gasteiger partial charge in [0.2, 0.25) is 0 Å². The van der Waals surface area contributed by atoms with Crippen LogP contribution in [0.5, 0.6) is 5.75 Å². The Morgan fingerprint density at radius 2 is 1.89 bits per heavy atom. The van der Waals surface area contributed by atoms with Gasteiger partial charge in [-0.25, -0.2) is 9.48 Å². The molecule has 1 N–H and O–H groups in total. The number of aromatic nitrogens is 5. The molecule has 38 heavy (non-hydrogen) atoms. The monoisotopic (exact) mass is 531 g/mol. The summed E-state index contributed by atoms with van der Waals surface area (Å²) in [5, 5.41) is 22.8. The summed E-state index contributed by atoms with van der Waals surface area (Å²) >= 11 is 6.52. The first kappa shape index (κ1) is 24.7. The molecule has 0 aliphatic heterocycles. The number of rotatable bonds is 8. The quantitative estimate of drug-likeness (QED) is 0.288. The number of aromatic carboxylic acids is 1. The van der Waals surface area contributed by atoms with Gasteiger partial charge in [0.15, 0.2) is 0 Å². The average molecular weight is 532 g/mol. The third kappa shape index (κ3) is 4.92. The van der Waals surface area contributed by atoms with Crippen LogP contribution in [0.25, 0.3) is 16.8 Å². The van der Waals surface area contributed by atoms with Gasteiger partial charge >= 0.3 is 5.97 Å². The number of hydrogen-bond donors (Lipinski definition) is 1. The Kier molecular flexibility index (Phi) is 6.66. The number of nitrogens with zero attached hydrogens (tertiary/aromatic N) is 5. The summed E-state index contributed by atoms with van der Waals surface area (Å²) in [5.74, 6) is 0.374. The molecule has 2 saturated carbocycles. The van der Waals surface area contributed by atoms with Crippen molar-refractivity contribution in [3.8, 4) is 22.6 Å². The molecule has 6 rings (SSSR count). The van der Waals surface area contributed by atoms with Crippen LogP contribution in [-0.2, 0) is 7.05 Å². The summed E-state index contributed by atoms with van der Waals surface area (Å²) in [6.45, 7) is 0.626. The second kappa shape index (κ2) is 10.3. The molecule has 8 nitrogen and oxygen atoms in total. The average Bonchev–Trinajstić information content (AvgIpc) is 3.37. The maximum atomic E-state index is 12.1. The minimum Gasteiger partial charge on any atom is -0.493 e. The van der Waals surface area contributed by atoms with Crippen LogP contribution in [0.4, 0.5) is 0 Å². The standard InChI is InChI=1S/C29H30ClN5O3/c1-34-16-27(32-33-34)23-14-24(23)28-25(29(36)37)15-31-35(28)21-9-4-7-18(12-21)19-8-5-10-22(13-19)38-17-20-6-2-3-11-26(20)30/h4-5,7-10,12-13,15-16,20,23-24,26H,2-3,6,11,14,17H2,1H3,(H,36,37)/t20?,23-,24-,26?/m0/s1. The molecular weight excluding hydrogens is 502 g/mol. The zero-order chi connectivity index (χ0) is 26.2. The molecule has 2 unspecified atom stereocenters. The predicted molar refractivity (Wildman–Crippen MR) is 144 cm³/mol. The first-order chi connectivity index (χ1) is 18.5. The van der Waals surface area contributed by atoms with Gasteiger partial charge < -0.3 is 9.84 Å². The van der Waals surface area contributed by atoms with Crippen molar-refractivity contribution in [2.45, 2.75) is 49.3 Å². The second-order valence-electron chi connectivity index (χ2n) is 10.4. The lowest BCUT2D eigenvalue weighted by atomic mass is 9.89. The molecule has 2 aliphatic carbocycles. The van der Waals surface area contributed by atoms with Crippen LogP contribution in [0.3, 0.4) is 0 Å². The maximum Gasteiger partial charge on any atom is 0.339 e. The third-order valence-electron chi connectivity index (χ3n) is 7.72. The summed E-state index contributed by atoms with van der Waals surface area (Å²) in [7, 11) is 1.83. The van der Waals surface area contributed by atoms with Crippen molar-refractivity contribution in [2.75, 3.05) is 6.61 Å². The lowest BCUT2D eigenvalue weighted by molar-refractivity contribution is 0.0695. The number of carbonyl (C=O) groups is 1. The van der Waals surface area contributed by atoms with Gasteiger partial charge in [-0.2, -0.15) is 5.10 Å². The van der Waals surface area contributed by atoms with E-state index in [-0.39, 0.29) is 22.8 Å². The van der Waals surface area contributed by atoms with Crippen LogP contribution in [0.15, 0.2) is 60.9 Å². The maximum absolute atomic E-state index is 12.1. The SMILES string of the molecule is Cn1cc([C@H]2C[C@@H]2c2c(C(=O)O)cnn2-c2cccc(-c3cccc(OCC4CCCCC4Cl)c3)c2)nn1. The molecule has 9 heteroatoms. The number of halogens is 1. The predicted octanol–water partition coefficient (Wildman–Crippen LogP) is 5.81. The van der Waals surface area contributed by atoms with Crippen LogP contribution >= 0.6 is 11.6 Å². The highest BCUT2D eigenvalue weighted by molar-refractivity contribution is 6.20. The Morgan fingerprint density at radius 1 is 1.11 bits per heavy atom. The smallest absolute Gasteiger partial charge is 0.339 e. The van der Waals surface area contributed by atoms with Crippen molar-refractivity contribution in [1.29, 1.82) is 0 Å². The number of aryl methyl sites for hydroxylation is 1. The molecule has 0 bridgehead atoms. The van der Waals surface area contributed by atoms with Crippen molar-refractivity contribution < 1.29 is 14.6 Å². The van der Waals surface area contributed by atoms with Gasteiger partial charge in [0.25, 0.3) is 0 Å². The molecule has 4 aromatic rings. The second-order valence-corrected chi connectivity index (χ2v) is 10.9. The molecule has 0 spiro atoms. The van der Waals surface area contributed by atoms with E-state index in [2.05, 4.69) is 21.5 Å². The first-order valence-corrected chi connectivity index (χ1v) is 13.6. The van der Waals surface area contributed by atoms with E-state index < -0.39 is 5.97 Å². The summed E-state index contributed by atoms with van der Waals surface area (Å²) in [6, 6.07) is 16.1. The van der Waals surface area contributed by atoms with Gasteiger partial charge in [-0.15, -0.1) is 16.7 Å². The highest BCUT2D eigenvalue weighted by atomic mass is 35.5. The lowest BCUT2D eigenvalue weighted by Crippen LogP contribution is -2.25. The molecule has 2 heterocycles. The summed E-state index contributed by atoms with van der Waals surface area (Å²) in [4.78, 5) is 12.1. The highest BCUT2D eigenvalue weighted by Crippen LogP contribution is 2.55. The van der Waals surface area contributed by atoms with Crippen LogP contribution < -0.4 is 4.74 Å². The van der Waals surface area contributed by atoms with Gasteiger partial charge in [0, 0.05) is 36.4 Å². The molecule has 0 saturated heterocycles. The fourth-order valence-corrected chi connectivity index (χ4v) is 5.93. The third-order valence-corrected chi connectivity index (χ3v) is 8.29. The number of carboxylic acid groups (broad SMARTS) is 1. The minimum atomic E-state index is -0.978. The summed E-state index contributed by atoms with van der Waals surface area (Å²) in [6.07, 6.45) is 8.73. The first-order valence-electron chi connectivity index (χ1n) is 13.1. The van der Waals surface area contributed by atoms with Crippen LogP contribution in [0, 0.1) is 5.92 Å². The zero-order valence-electron chi connectivity index (χ0n) is 21.2. The molecule has 0 amide bonds. The van der Waals surface area contributed by atoms with Crippen molar-refractivity contribution in [3.05, 3.63) is 77.9 Å². The van der Waals surface area contributed by atoms with E-state index in [9.17, 15) is 9.90 Å². The van der Waals surface area contributed by atoms with E-state index in [0.717, 1.165) is 47.5 Å². The van der Waals surface area contributed by atoms with E-state index in [1.165, 1.54) is 19.0 Å². The van der Waals surface area contributed by atoms with Gasteiger partial charge in [-0.05, 0) is 54.7 Å². The molecular formula is C29H30ClN5O3. The van der Waals surface area contributed by atoms with Gasteiger partial charge in [-0.3, -0.25) is 4.68 Å². The van der Waals surface area contributed by atoms with E-state index in [4.69, 9.17) is 16.3 Å². The van der Waals surface area contributed by atoms with E-state index in [1.54, 1.807) is 9.36 Å². The Labute approximate surface area is 226 Å². The molecule has 2 fully saturated rings. The van der Waals surface area contributed by atoms with Crippen molar-refractivity contribution in [2.24, 2.45) is 13.0 Å². The largest absolute Gasteiger partial charge is 0.493 e. The number of alkyl halides is 1. The van der Waals surface area contributed by atoms with Gasteiger partial charge in [0.05, 0.1) is 29.9 Å². The molecule has 196 valence electrons. The Bertz CT molecular complexity index is 1460. The van der Waals surface area contributed by atoms with Crippen LogP contribution in [-0.4, -0.2) is 47.8 Å². The fraction of sp³-hybridized carbons (Fsp3) is 0.379. The van der Waals surface area contributed by atoms with E-state index in [1.807, 2.05) is 55.7 Å². The minimum absolute atomic E-state index is 0.0197. The summed E-state index contributed by atoms with van der Waals surface area (Å²) in [5.41, 5.74) is 4.63. The summed E-state index contributed by atoms with van der Waals surface area (Å²) < 4.78 is 9.59. The number of ether oxygens (including phenoxy) is 1. The molecule has 2 aromatic heterocycles. The molecule has 2 aliphatic rings. The van der Waals surface area contributed by atoms with Crippen molar-refractivity contribution in [1.82, 2.24) is 24.8 Å². The lowest BCUT2D eigenvalue weighted by Gasteiger charge is -2.26. The van der Waals surface area contributed by atoms with Gasteiger partial charge in [0.1, 0.15) is 11.3 Å². The van der Waals surface area contributed by atoms with Crippen molar-refractivity contribution in [3.63, 3.8) is 0 Å². The Hall–Kier alpha value is -3.65. The fourth-order valence-electron chi connectivity index (χ4n) is 5.58. The van der Waals surface area contributed by atoms with Crippen LogP contribution in [0.2, 0.25) is 0 Å². The van der Waals surface area contributed by atoms with Crippen molar-refractivity contribution >= 4 is 17.6 Å². The zero-order valence-corrected chi connectivity index (χ0v) is 22.0. The Morgan fingerprint density at radius 3 is 2.66 bits per heavy atom. The van der Waals surface area contributed by atoms with E-state index >= 15 is 0 Å². The Balaban J connectivity index is 1.26. The normalized spacial score (nSPS) is 22.8. The molecule has 2 aromatic carbocycles. The number of carboxylic acids is 1. The van der Waals surface area contributed by atoms with Crippen LogP contribution in [0.1, 0.15) is 65.7 Å². The highest BCUT2D eigenvalue weighted by Gasteiger charge is 2.46. The number of hydrogen-bond acceptors (Lipinski definition) is 5.